The lowest BCUT2D eigenvalue weighted by Crippen LogP contribution is -2.09. The summed E-state index contributed by atoms with van der Waals surface area (Å²) in [5.41, 5.74) is 2.04. The van der Waals surface area contributed by atoms with E-state index in [1.165, 1.54) is 5.56 Å². The number of aryl methyl sites for hydroxylation is 2. The SMILES string of the molecule is CCc1nc(C)nc(NCCc2ccc(Oc3ncccn3)cc2)c1Cl. The van der Waals surface area contributed by atoms with Crippen molar-refractivity contribution < 1.29 is 4.74 Å². The van der Waals surface area contributed by atoms with E-state index in [0.717, 1.165) is 30.9 Å². The van der Waals surface area contributed by atoms with Crippen LogP contribution in [0.5, 0.6) is 11.8 Å². The van der Waals surface area contributed by atoms with Crippen LogP contribution in [0.4, 0.5) is 5.82 Å². The summed E-state index contributed by atoms with van der Waals surface area (Å²) in [6, 6.07) is 9.93. The van der Waals surface area contributed by atoms with Gasteiger partial charge in [0, 0.05) is 18.9 Å². The van der Waals surface area contributed by atoms with Gasteiger partial charge in [-0.2, -0.15) is 0 Å². The molecule has 1 N–H and O–H groups in total. The number of halogens is 1. The van der Waals surface area contributed by atoms with Crippen molar-refractivity contribution in [2.75, 3.05) is 11.9 Å². The average Bonchev–Trinajstić information content (AvgIpc) is 2.66. The zero-order valence-corrected chi connectivity index (χ0v) is 15.5. The van der Waals surface area contributed by atoms with Crippen molar-refractivity contribution in [2.24, 2.45) is 0 Å². The van der Waals surface area contributed by atoms with Crippen LogP contribution in [0.2, 0.25) is 5.02 Å². The Morgan fingerprint density at radius 3 is 2.50 bits per heavy atom. The van der Waals surface area contributed by atoms with E-state index in [1.807, 2.05) is 38.1 Å². The lowest BCUT2D eigenvalue weighted by Gasteiger charge is -2.11. The van der Waals surface area contributed by atoms with Gasteiger partial charge in [0.15, 0.2) is 0 Å². The summed E-state index contributed by atoms with van der Waals surface area (Å²) in [4.78, 5) is 16.8. The van der Waals surface area contributed by atoms with E-state index in [0.29, 0.717) is 22.6 Å². The Bertz CT molecular complexity index is 856. The number of ether oxygens (including phenoxy) is 1. The predicted octanol–water partition coefficient (Wildman–Crippen LogP) is 4.24. The smallest absolute Gasteiger partial charge is 0.321 e. The monoisotopic (exact) mass is 369 g/mol. The minimum atomic E-state index is 0.336. The first kappa shape index (κ1) is 18.1. The van der Waals surface area contributed by atoms with E-state index >= 15 is 0 Å². The molecule has 3 rings (SSSR count). The Kier molecular flexibility index (Phi) is 5.96. The first-order valence-corrected chi connectivity index (χ1v) is 8.84. The van der Waals surface area contributed by atoms with E-state index in [9.17, 15) is 0 Å². The van der Waals surface area contributed by atoms with Gasteiger partial charge in [-0.25, -0.2) is 19.9 Å². The molecule has 134 valence electrons. The van der Waals surface area contributed by atoms with E-state index in [-0.39, 0.29) is 0 Å². The molecule has 0 unspecified atom stereocenters. The van der Waals surface area contributed by atoms with Gasteiger partial charge < -0.3 is 10.1 Å². The van der Waals surface area contributed by atoms with Gasteiger partial charge in [0.1, 0.15) is 22.4 Å². The van der Waals surface area contributed by atoms with Crippen molar-refractivity contribution in [3.63, 3.8) is 0 Å². The van der Waals surface area contributed by atoms with E-state index in [1.54, 1.807) is 18.5 Å². The van der Waals surface area contributed by atoms with Crippen molar-refractivity contribution >= 4 is 17.4 Å². The van der Waals surface area contributed by atoms with Crippen LogP contribution in [-0.2, 0) is 12.8 Å². The summed E-state index contributed by atoms with van der Waals surface area (Å²) < 4.78 is 5.59. The molecule has 0 aliphatic rings. The minimum absolute atomic E-state index is 0.336. The van der Waals surface area contributed by atoms with Crippen LogP contribution in [0.25, 0.3) is 0 Å². The van der Waals surface area contributed by atoms with Crippen LogP contribution < -0.4 is 10.1 Å². The van der Waals surface area contributed by atoms with Gasteiger partial charge in [-0.3, -0.25) is 0 Å². The van der Waals surface area contributed by atoms with Crippen molar-refractivity contribution in [2.45, 2.75) is 26.7 Å². The van der Waals surface area contributed by atoms with Crippen LogP contribution in [0.15, 0.2) is 42.7 Å². The Labute approximate surface area is 157 Å². The second kappa shape index (κ2) is 8.58. The van der Waals surface area contributed by atoms with Crippen LogP contribution in [0.1, 0.15) is 24.0 Å². The molecule has 0 atom stereocenters. The Morgan fingerprint density at radius 2 is 1.81 bits per heavy atom. The molecule has 0 saturated heterocycles. The van der Waals surface area contributed by atoms with Gasteiger partial charge in [-0.1, -0.05) is 30.7 Å². The number of aromatic nitrogens is 4. The maximum Gasteiger partial charge on any atom is 0.321 e. The Hall–Kier alpha value is -2.73. The van der Waals surface area contributed by atoms with E-state index in [2.05, 4.69) is 25.3 Å². The third-order valence-corrected chi connectivity index (χ3v) is 4.14. The standard InChI is InChI=1S/C19H20ClN5O/c1-3-16-17(20)18(25-13(2)24-16)21-12-9-14-5-7-15(8-6-14)26-19-22-10-4-11-23-19/h4-8,10-11H,3,9,12H2,1-2H3,(H,21,24,25). The molecule has 0 bridgehead atoms. The maximum atomic E-state index is 6.34. The summed E-state index contributed by atoms with van der Waals surface area (Å²) >= 11 is 6.34. The topological polar surface area (TPSA) is 72.8 Å². The molecule has 0 aliphatic heterocycles. The fraction of sp³-hybridized carbons (Fsp3) is 0.263. The third-order valence-electron chi connectivity index (χ3n) is 3.75. The Balaban J connectivity index is 1.56. The highest BCUT2D eigenvalue weighted by atomic mass is 35.5. The highest BCUT2D eigenvalue weighted by molar-refractivity contribution is 6.33. The lowest BCUT2D eigenvalue weighted by molar-refractivity contribution is 0.441. The van der Waals surface area contributed by atoms with Crippen molar-refractivity contribution in [1.29, 1.82) is 0 Å². The molecule has 26 heavy (non-hydrogen) atoms. The number of hydrogen-bond acceptors (Lipinski definition) is 6. The van der Waals surface area contributed by atoms with Crippen molar-refractivity contribution in [3.05, 3.63) is 64.8 Å². The van der Waals surface area contributed by atoms with Crippen LogP contribution in [-0.4, -0.2) is 26.5 Å². The molecule has 2 heterocycles. The minimum Gasteiger partial charge on any atom is -0.424 e. The first-order valence-electron chi connectivity index (χ1n) is 8.46. The fourth-order valence-corrected chi connectivity index (χ4v) is 2.75. The van der Waals surface area contributed by atoms with Gasteiger partial charge in [0.25, 0.3) is 0 Å². The molecule has 1 aromatic carbocycles. The van der Waals surface area contributed by atoms with E-state index in [4.69, 9.17) is 16.3 Å². The summed E-state index contributed by atoms with van der Waals surface area (Å²) in [6.07, 6.45) is 4.91. The number of nitrogens with one attached hydrogen (secondary N) is 1. The maximum absolute atomic E-state index is 6.34. The van der Waals surface area contributed by atoms with Crippen LogP contribution >= 0.6 is 11.6 Å². The number of hydrogen-bond donors (Lipinski definition) is 1. The van der Waals surface area contributed by atoms with Gasteiger partial charge >= 0.3 is 6.01 Å². The van der Waals surface area contributed by atoms with E-state index < -0.39 is 0 Å². The van der Waals surface area contributed by atoms with Gasteiger partial charge in [-0.05, 0) is 43.5 Å². The van der Waals surface area contributed by atoms with Crippen molar-refractivity contribution in [1.82, 2.24) is 19.9 Å². The summed E-state index contributed by atoms with van der Waals surface area (Å²) in [7, 11) is 0. The third kappa shape index (κ3) is 4.67. The van der Waals surface area contributed by atoms with Gasteiger partial charge in [0.2, 0.25) is 0 Å². The lowest BCUT2D eigenvalue weighted by atomic mass is 10.1. The van der Waals surface area contributed by atoms with Crippen LogP contribution in [0.3, 0.4) is 0 Å². The Morgan fingerprint density at radius 1 is 1.08 bits per heavy atom. The zero-order chi connectivity index (χ0) is 18.4. The molecule has 0 saturated carbocycles. The molecule has 0 aliphatic carbocycles. The molecule has 7 heteroatoms. The zero-order valence-electron chi connectivity index (χ0n) is 14.7. The fourth-order valence-electron chi connectivity index (χ4n) is 2.46. The second-order valence-electron chi connectivity index (χ2n) is 5.69. The highest BCUT2D eigenvalue weighted by Gasteiger charge is 2.09. The molecular formula is C19H20ClN5O. The molecule has 3 aromatic rings. The average molecular weight is 370 g/mol. The molecule has 0 fully saturated rings. The summed E-state index contributed by atoms with van der Waals surface area (Å²) in [5.74, 6) is 2.12. The van der Waals surface area contributed by atoms with Crippen molar-refractivity contribution in [3.8, 4) is 11.8 Å². The molecular weight excluding hydrogens is 350 g/mol. The number of rotatable bonds is 7. The molecule has 0 radical (unpaired) electrons. The summed E-state index contributed by atoms with van der Waals surface area (Å²) in [5, 5.41) is 3.90. The van der Waals surface area contributed by atoms with Gasteiger partial charge in [0.05, 0.1) is 5.69 Å². The quantitative estimate of drug-likeness (QED) is 0.671. The number of anilines is 1. The molecule has 0 spiro atoms. The highest BCUT2D eigenvalue weighted by Crippen LogP contribution is 2.23. The second-order valence-corrected chi connectivity index (χ2v) is 6.07. The predicted molar refractivity (Wildman–Crippen MR) is 102 cm³/mol. The molecule has 0 amide bonds. The first-order chi connectivity index (χ1) is 12.7. The van der Waals surface area contributed by atoms with Gasteiger partial charge in [-0.15, -0.1) is 0 Å². The molecule has 6 nitrogen and oxygen atoms in total. The molecule has 2 aromatic heterocycles. The van der Waals surface area contributed by atoms with Crippen LogP contribution in [0, 0.1) is 6.92 Å². The largest absolute Gasteiger partial charge is 0.424 e. The normalized spacial score (nSPS) is 10.6. The summed E-state index contributed by atoms with van der Waals surface area (Å²) in [6.45, 7) is 4.62. The number of benzene rings is 1. The number of nitrogens with zero attached hydrogens (tertiary/aromatic N) is 4.